The SMILES string of the molecule is COC(c1ccccc1)C1CCN(c2ccc(-c3nnc(-c4ccc(C(=O)O)cc4)s3)cc2)CC1. The summed E-state index contributed by atoms with van der Waals surface area (Å²) in [4.78, 5) is 13.5. The first kappa shape index (κ1) is 23.2. The molecule has 1 saturated heterocycles. The van der Waals surface area contributed by atoms with Crippen LogP contribution in [0.3, 0.4) is 0 Å². The number of benzene rings is 3. The van der Waals surface area contributed by atoms with E-state index in [1.165, 1.54) is 22.6 Å². The number of nitrogens with zero attached hydrogens (tertiary/aromatic N) is 3. The van der Waals surface area contributed by atoms with Crippen LogP contribution in [0.1, 0.15) is 34.9 Å². The predicted molar refractivity (Wildman–Crippen MR) is 139 cm³/mol. The van der Waals surface area contributed by atoms with E-state index in [1.54, 1.807) is 24.3 Å². The first-order valence-corrected chi connectivity index (χ1v) is 12.5. The van der Waals surface area contributed by atoms with Gasteiger partial charge in [-0.1, -0.05) is 53.8 Å². The smallest absolute Gasteiger partial charge is 0.335 e. The highest BCUT2D eigenvalue weighted by atomic mass is 32.1. The van der Waals surface area contributed by atoms with Crippen LogP contribution in [0.5, 0.6) is 0 Å². The van der Waals surface area contributed by atoms with E-state index in [9.17, 15) is 4.79 Å². The van der Waals surface area contributed by atoms with E-state index >= 15 is 0 Å². The fraction of sp³-hybridized carbons (Fsp3) is 0.250. The molecule has 4 aromatic rings. The largest absolute Gasteiger partial charge is 0.478 e. The van der Waals surface area contributed by atoms with Crippen molar-refractivity contribution in [3.05, 3.63) is 90.0 Å². The van der Waals surface area contributed by atoms with Crippen molar-refractivity contribution in [3.63, 3.8) is 0 Å². The zero-order valence-electron chi connectivity index (χ0n) is 19.5. The zero-order valence-corrected chi connectivity index (χ0v) is 20.3. The van der Waals surface area contributed by atoms with Gasteiger partial charge in [-0.15, -0.1) is 10.2 Å². The molecule has 0 radical (unpaired) electrons. The molecule has 1 aliphatic rings. The molecule has 7 heteroatoms. The number of ether oxygens (including phenoxy) is 1. The van der Waals surface area contributed by atoms with Crippen LogP contribution < -0.4 is 4.90 Å². The molecule has 1 N–H and O–H groups in total. The van der Waals surface area contributed by atoms with Crippen LogP contribution in [0.25, 0.3) is 21.1 Å². The van der Waals surface area contributed by atoms with Crippen LogP contribution in [-0.4, -0.2) is 41.5 Å². The molecule has 1 unspecified atom stereocenters. The van der Waals surface area contributed by atoms with Gasteiger partial charge in [0.25, 0.3) is 0 Å². The van der Waals surface area contributed by atoms with Gasteiger partial charge in [0.05, 0.1) is 11.7 Å². The Balaban J connectivity index is 1.23. The number of anilines is 1. The Hall–Kier alpha value is -3.55. The van der Waals surface area contributed by atoms with E-state index in [1.807, 2.05) is 13.2 Å². The second-order valence-corrected chi connectivity index (χ2v) is 9.71. The lowest BCUT2D eigenvalue weighted by Gasteiger charge is -2.37. The van der Waals surface area contributed by atoms with Gasteiger partial charge < -0.3 is 14.7 Å². The lowest BCUT2D eigenvalue weighted by atomic mass is 9.87. The molecule has 1 atom stereocenters. The van der Waals surface area contributed by atoms with E-state index in [0.29, 0.717) is 5.92 Å². The summed E-state index contributed by atoms with van der Waals surface area (Å²) >= 11 is 1.50. The summed E-state index contributed by atoms with van der Waals surface area (Å²) in [6, 6.07) is 25.7. The molecule has 0 spiro atoms. The highest BCUT2D eigenvalue weighted by Crippen LogP contribution is 2.36. The van der Waals surface area contributed by atoms with E-state index in [2.05, 4.69) is 63.6 Å². The molecule has 178 valence electrons. The van der Waals surface area contributed by atoms with Gasteiger partial charge in [-0.2, -0.15) is 0 Å². The number of rotatable bonds is 7. The van der Waals surface area contributed by atoms with Crippen molar-refractivity contribution in [1.29, 1.82) is 0 Å². The summed E-state index contributed by atoms with van der Waals surface area (Å²) in [6.07, 6.45) is 2.33. The molecule has 6 nitrogen and oxygen atoms in total. The molecule has 5 rings (SSSR count). The number of piperidine rings is 1. The van der Waals surface area contributed by atoms with Gasteiger partial charge in [-0.05, 0) is 60.7 Å². The Kier molecular flexibility index (Phi) is 6.88. The second kappa shape index (κ2) is 10.4. The summed E-state index contributed by atoms with van der Waals surface area (Å²) < 4.78 is 5.88. The summed E-state index contributed by atoms with van der Waals surface area (Å²) in [5.74, 6) is -0.421. The topological polar surface area (TPSA) is 75.5 Å². The van der Waals surface area contributed by atoms with Gasteiger partial charge in [0, 0.05) is 37.0 Å². The van der Waals surface area contributed by atoms with Gasteiger partial charge in [-0.25, -0.2) is 4.79 Å². The molecule has 1 aromatic heterocycles. The Morgan fingerprint density at radius 2 is 1.49 bits per heavy atom. The summed E-state index contributed by atoms with van der Waals surface area (Å²) in [5.41, 5.74) is 4.62. The highest BCUT2D eigenvalue weighted by Gasteiger charge is 2.27. The minimum atomic E-state index is -0.937. The fourth-order valence-electron chi connectivity index (χ4n) is 4.73. The molecule has 35 heavy (non-hydrogen) atoms. The van der Waals surface area contributed by atoms with Crippen LogP contribution in [0, 0.1) is 5.92 Å². The molecular formula is C28H27N3O3S. The van der Waals surface area contributed by atoms with Crippen molar-refractivity contribution >= 4 is 23.0 Å². The second-order valence-electron chi connectivity index (χ2n) is 8.73. The third-order valence-electron chi connectivity index (χ3n) is 6.63. The van der Waals surface area contributed by atoms with Crippen molar-refractivity contribution in [2.45, 2.75) is 18.9 Å². The molecule has 0 amide bonds. The number of hydrogen-bond acceptors (Lipinski definition) is 6. The van der Waals surface area contributed by atoms with Gasteiger partial charge in [-0.3, -0.25) is 0 Å². The van der Waals surface area contributed by atoms with E-state index < -0.39 is 5.97 Å². The molecule has 1 aliphatic heterocycles. The number of carboxylic acids is 1. The van der Waals surface area contributed by atoms with Crippen molar-refractivity contribution in [1.82, 2.24) is 10.2 Å². The molecule has 3 aromatic carbocycles. The minimum absolute atomic E-state index is 0.146. The molecule has 2 heterocycles. The maximum atomic E-state index is 11.1. The molecule has 1 fully saturated rings. The summed E-state index contributed by atoms with van der Waals surface area (Å²) in [5, 5.41) is 19.4. The first-order chi connectivity index (χ1) is 17.1. The molecule has 0 bridgehead atoms. The van der Waals surface area contributed by atoms with Crippen molar-refractivity contribution in [2.24, 2.45) is 5.92 Å². The van der Waals surface area contributed by atoms with Gasteiger partial charge in [0.1, 0.15) is 10.0 Å². The van der Waals surface area contributed by atoms with Gasteiger partial charge in [0.15, 0.2) is 0 Å². The van der Waals surface area contributed by atoms with Crippen LogP contribution in [0.2, 0.25) is 0 Å². The predicted octanol–water partition coefficient (Wildman–Crippen LogP) is 6.17. The first-order valence-electron chi connectivity index (χ1n) is 11.7. The Morgan fingerprint density at radius 1 is 0.914 bits per heavy atom. The molecule has 0 saturated carbocycles. The third kappa shape index (κ3) is 5.11. The third-order valence-corrected chi connectivity index (χ3v) is 7.65. The highest BCUT2D eigenvalue weighted by molar-refractivity contribution is 7.17. The monoisotopic (exact) mass is 485 g/mol. The zero-order chi connectivity index (χ0) is 24.2. The lowest BCUT2D eigenvalue weighted by Crippen LogP contribution is -2.36. The van der Waals surface area contributed by atoms with Gasteiger partial charge in [0.2, 0.25) is 0 Å². The number of aromatic carboxylic acids is 1. The van der Waals surface area contributed by atoms with Crippen molar-refractivity contribution in [3.8, 4) is 21.1 Å². The average molecular weight is 486 g/mol. The number of methoxy groups -OCH3 is 1. The lowest BCUT2D eigenvalue weighted by molar-refractivity contribution is 0.0409. The van der Waals surface area contributed by atoms with E-state index in [0.717, 1.165) is 47.1 Å². The Morgan fingerprint density at radius 3 is 2.03 bits per heavy atom. The minimum Gasteiger partial charge on any atom is -0.478 e. The van der Waals surface area contributed by atoms with Gasteiger partial charge >= 0.3 is 5.97 Å². The van der Waals surface area contributed by atoms with Crippen LogP contribution >= 0.6 is 11.3 Å². The Bertz CT molecular complexity index is 1270. The number of carboxylic acid groups (broad SMARTS) is 1. The maximum Gasteiger partial charge on any atom is 0.335 e. The van der Waals surface area contributed by atoms with E-state index in [4.69, 9.17) is 9.84 Å². The fourth-order valence-corrected chi connectivity index (χ4v) is 5.58. The summed E-state index contributed by atoms with van der Waals surface area (Å²) in [6.45, 7) is 2.01. The number of hydrogen-bond donors (Lipinski definition) is 1. The Labute approximate surface area is 208 Å². The molecule has 0 aliphatic carbocycles. The van der Waals surface area contributed by atoms with Crippen LogP contribution in [0.4, 0.5) is 5.69 Å². The van der Waals surface area contributed by atoms with Crippen molar-refractivity contribution in [2.75, 3.05) is 25.1 Å². The van der Waals surface area contributed by atoms with Crippen molar-refractivity contribution < 1.29 is 14.6 Å². The van der Waals surface area contributed by atoms with Crippen LogP contribution in [0.15, 0.2) is 78.9 Å². The summed E-state index contributed by atoms with van der Waals surface area (Å²) in [7, 11) is 1.81. The number of aromatic nitrogens is 2. The standard InChI is InChI=1S/C28H27N3O3S/c1-34-25(19-5-3-2-4-6-19)20-15-17-31(18-16-20)24-13-11-22(12-14-24)27-30-29-26(35-27)21-7-9-23(10-8-21)28(32)33/h2-14,20,25H,15-18H2,1H3,(H,32,33). The normalized spacial score (nSPS) is 15.2. The van der Waals surface area contributed by atoms with Crippen LogP contribution in [-0.2, 0) is 4.74 Å². The maximum absolute atomic E-state index is 11.1. The quantitative estimate of drug-likeness (QED) is 0.337. The number of carbonyl (C=O) groups is 1. The average Bonchev–Trinajstić information content (AvgIpc) is 3.41. The molecular weight excluding hydrogens is 458 g/mol. The van der Waals surface area contributed by atoms with E-state index in [-0.39, 0.29) is 11.7 Å².